The summed E-state index contributed by atoms with van der Waals surface area (Å²) in [5.74, 6) is 1.07. The molecule has 0 saturated heterocycles. The average molecular weight is 296 g/mol. The van der Waals surface area contributed by atoms with Crippen molar-refractivity contribution >= 4 is 11.6 Å². The highest BCUT2D eigenvalue weighted by molar-refractivity contribution is 6.31. The quantitative estimate of drug-likeness (QED) is 0.917. The summed E-state index contributed by atoms with van der Waals surface area (Å²) in [5.41, 5.74) is 6.88. The van der Waals surface area contributed by atoms with Crippen LogP contribution < -0.4 is 5.73 Å². The lowest BCUT2D eigenvalue weighted by Gasteiger charge is -2.14. The number of nitrogens with two attached hydrogens (primary N) is 1. The van der Waals surface area contributed by atoms with Crippen LogP contribution in [0.15, 0.2) is 28.8 Å². The number of aromatic nitrogens is 2. The molecule has 20 heavy (non-hydrogen) atoms. The predicted octanol–water partition coefficient (Wildman–Crippen LogP) is 3.11. The number of hydrogen-bond acceptors (Lipinski definition) is 5. The fourth-order valence-electron chi connectivity index (χ4n) is 2.03. The van der Waals surface area contributed by atoms with Crippen molar-refractivity contribution in [3.63, 3.8) is 0 Å². The molecule has 0 amide bonds. The molecule has 2 aromatic rings. The molecule has 5 nitrogen and oxygen atoms in total. The van der Waals surface area contributed by atoms with Crippen LogP contribution in [0.3, 0.4) is 0 Å². The molecule has 0 aliphatic heterocycles. The molecule has 1 heterocycles. The Bertz CT molecular complexity index is 571. The highest BCUT2D eigenvalue weighted by Crippen LogP contribution is 2.28. The Morgan fingerprint density at radius 1 is 1.30 bits per heavy atom. The zero-order valence-corrected chi connectivity index (χ0v) is 12.5. The van der Waals surface area contributed by atoms with Gasteiger partial charge in [-0.05, 0) is 17.5 Å². The minimum Gasteiger partial charge on any atom is -0.373 e. The van der Waals surface area contributed by atoms with Crippen molar-refractivity contribution in [2.45, 2.75) is 26.0 Å². The van der Waals surface area contributed by atoms with Gasteiger partial charge in [0.05, 0.1) is 0 Å². The van der Waals surface area contributed by atoms with Gasteiger partial charge in [0, 0.05) is 12.1 Å². The van der Waals surface area contributed by atoms with Gasteiger partial charge < -0.3 is 15.0 Å². The van der Waals surface area contributed by atoms with Crippen LogP contribution in [0.25, 0.3) is 0 Å². The van der Waals surface area contributed by atoms with Gasteiger partial charge in [-0.3, -0.25) is 0 Å². The van der Waals surface area contributed by atoms with E-state index in [1.54, 1.807) is 13.2 Å². The summed E-state index contributed by atoms with van der Waals surface area (Å²) < 4.78 is 10.6. The van der Waals surface area contributed by atoms with Gasteiger partial charge >= 0.3 is 0 Å². The highest BCUT2D eigenvalue weighted by Gasteiger charge is 2.24. The molecule has 6 heteroatoms. The molecule has 2 N–H and O–H groups in total. The molecule has 0 spiro atoms. The largest absolute Gasteiger partial charge is 0.373 e. The molecule has 0 fully saturated rings. The Morgan fingerprint density at radius 3 is 2.60 bits per heavy atom. The van der Waals surface area contributed by atoms with Crippen LogP contribution in [0.1, 0.15) is 43.3 Å². The van der Waals surface area contributed by atoms with Gasteiger partial charge in [0.2, 0.25) is 11.7 Å². The first-order chi connectivity index (χ1) is 9.54. The molecule has 2 rings (SSSR count). The Morgan fingerprint density at radius 2 is 2.00 bits per heavy atom. The predicted molar refractivity (Wildman–Crippen MR) is 76.4 cm³/mol. The second kappa shape index (κ2) is 6.35. The van der Waals surface area contributed by atoms with E-state index in [0.29, 0.717) is 16.7 Å². The summed E-state index contributed by atoms with van der Waals surface area (Å²) in [5, 5.41) is 4.53. The van der Waals surface area contributed by atoms with Crippen molar-refractivity contribution in [2.75, 3.05) is 7.11 Å². The third-order valence-corrected chi connectivity index (χ3v) is 3.42. The van der Waals surface area contributed by atoms with Crippen molar-refractivity contribution in [2.24, 2.45) is 11.7 Å². The number of hydrogen-bond donors (Lipinski definition) is 1. The van der Waals surface area contributed by atoms with Gasteiger partial charge in [-0.1, -0.05) is 48.8 Å². The van der Waals surface area contributed by atoms with Crippen LogP contribution in [0, 0.1) is 5.92 Å². The van der Waals surface area contributed by atoms with E-state index >= 15 is 0 Å². The summed E-state index contributed by atoms with van der Waals surface area (Å²) >= 11 is 6.12. The van der Waals surface area contributed by atoms with Crippen LogP contribution >= 0.6 is 11.6 Å². The van der Waals surface area contributed by atoms with Crippen LogP contribution in [-0.2, 0) is 4.74 Å². The lowest BCUT2D eigenvalue weighted by atomic mass is 10.1. The van der Waals surface area contributed by atoms with Gasteiger partial charge in [-0.15, -0.1) is 0 Å². The maximum absolute atomic E-state index is 6.13. The zero-order chi connectivity index (χ0) is 14.7. The first-order valence-corrected chi connectivity index (χ1v) is 6.78. The van der Waals surface area contributed by atoms with Crippen molar-refractivity contribution < 1.29 is 9.26 Å². The lowest BCUT2D eigenvalue weighted by molar-refractivity contribution is 0.0555. The van der Waals surface area contributed by atoms with E-state index in [4.69, 9.17) is 26.6 Å². The number of benzene rings is 1. The first kappa shape index (κ1) is 15.0. The minimum absolute atomic E-state index is 0.217. The van der Waals surface area contributed by atoms with E-state index in [1.165, 1.54) is 0 Å². The van der Waals surface area contributed by atoms with Crippen molar-refractivity contribution in [1.82, 2.24) is 10.1 Å². The number of halogens is 1. The van der Waals surface area contributed by atoms with Gasteiger partial charge in [0.1, 0.15) is 12.1 Å². The molecule has 0 aliphatic carbocycles. The van der Waals surface area contributed by atoms with E-state index in [2.05, 4.69) is 10.1 Å². The smallest absolute Gasteiger partial charge is 0.248 e. The first-order valence-electron chi connectivity index (χ1n) is 6.41. The van der Waals surface area contributed by atoms with E-state index in [9.17, 15) is 0 Å². The number of ether oxygens (including phenoxy) is 1. The molecule has 1 aromatic heterocycles. The standard InChI is InChI=1S/C14H18ClN3O2/c1-8(2)12(19-3)13-17-14(20-18-13)11(16)9-6-4-5-7-10(9)15/h4-8,11-12H,16H2,1-3H3/t11-,12?/m1/s1. The average Bonchev–Trinajstić information content (AvgIpc) is 2.88. The molecule has 1 aromatic carbocycles. The molecule has 0 aliphatic rings. The number of nitrogens with zero attached hydrogens (tertiary/aromatic N) is 2. The summed E-state index contributed by atoms with van der Waals surface area (Å²) in [6, 6.07) is 6.78. The second-order valence-electron chi connectivity index (χ2n) is 4.89. The number of rotatable bonds is 5. The maximum atomic E-state index is 6.13. The molecule has 2 atom stereocenters. The van der Waals surface area contributed by atoms with Crippen molar-refractivity contribution in [3.05, 3.63) is 46.6 Å². The van der Waals surface area contributed by atoms with Crippen LogP contribution in [0.5, 0.6) is 0 Å². The van der Waals surface area contributed by atoms with E-state index < -0.39 is 6.04 Å². The monoisotopic (exact) mass is 295 g/mol. The van der Waals surface area contributed by atoms with Crippen LogP contribution in [0.2, 0.25) is 5.02 Å². The second-order valence-corrected chi connectivity index (χ2v) is 5.30. The lowest BCUT2D eigenvalue weighted by Crippen LogP contribution is -2.14. The zero-order valence-electron chi connectivity index (χ0n) is 11.7. The topological polar surface area (TPSA) is 74.2 Å². The Labute approximate surface area is 123 Å². The highest BCUT2D eigenvalue weighted by atomic mass is 35.5. The molecular weight excluding hydrogens is 278 g/mol. The summed E-state index contributed by atoms with van der Waals surface area (Å²) in [7, 11) is 1.62. The Kier molecular flexibility index (Phi) is 4.75. The van der Waals surface area contributed by atoms with Gasteiger partial charge in [0.25, 0.3) is 0 Å². The van der Waals surface area contributed by atoms with E-state index in [1.807, 2.05) is 32.0 Å². The van der Waals surface area contributed by atoms with Gasteiger partial charge in [-0.25, -0.2) is 0 Å². The van der Waals surface area contributed by atoms with E-state index in [0.717, 1.165) is 5.56 Å². The Hall–Kier alpha value is -1.43. The normalized spacial score (nSPS) is 14.5. The number of methoxy groups -OCH3 is 1. The Balaban J connectivity index is 2.27. The van der Waals surface area contributed by atoms with E-state index in [-0.39, 0.29) is 12.0 Å². The van der Waals surface area contributed by atoms with Crippen LogP contribution in [0.4, 0.5) is 0 Å². The van der Waals surface area contributed by atoms with Gasteiger partial charge in [-0.2, -0.15) is 4.98 Å². The van der Waals surface area contributed by atoms with Crippen LogP contribution in [-0.4, -0.2) is 17.3 Å². The molecule has 0 radical (unpaired) electrons. The SMILES string of the molecule is COC(c1noc([C@H](N)c2ccccc2Cl)n1)C(C)C. The summed E-state index contributed by atoms with van der Waals surface area (Å²) in [6.07, 6.45) is -0.217. The fraction of sp³-hybridized carbons (Fsp3) is 0.429. The molecule has 0 bridgehead atoms. The molecular formula is C14H18ClN3O2. The third kappa shape index (κ3) is 3.00. The molecule has 0 saturated carbocycles. The van der Waals surface area contributed by atoms with Crippen molar-refractivity contribution in [1.29, 1.82) is 0 Å². The fourth-order valence-corrected chi connectivity index (χ4v) is 2.28. The summed E-state index contributed by atoms with van der Waals surface area (Å²) in [4.78, 5) is 4.33. The third-order valence-electron chi connectivity index (χ3n) is 3.08. The minimum atomic E-state index is -0.547. The van der Waals surface area contributed by atoms with Gasteiger partial charge in [0.15, 0.2) is 0 Å². The van der Waals surface area contributed by atoms with Crippen molar-refractivity contribution in [3.8, 4) is 0 Å². The maximum Gasteiger partial charge on any atom is 0.248 e. The molecule has 1 unspecified atom stereocenters. The summed E-state index contributed by atoms with van der Waals surface area (Å²) in [6.45, 7) is 4.05. The molecule has 108 valence electrons.